The highest BCUT2D eigenvalue weighted by molar-refractivity contribution is 6.34. The topological polar surface area (TPSA) is 50.7 Å². The van der Waals surface area contributed by atoms with Gasteiger partial charge < -0.3 is 5.32 Å². The third-order valence-electron chi connectivity index (χ3n) is 2.42. The quantitative estimate of drug-likeness (QED) is 0.877. The predicted octanol–water partition coefficient (Wildman–Crippen LogP) is 3.41. The predicted molar refractivity (Wildman–Crippen MR) is 73.1 cm³/mol. The fourth-order valence-corrected chi connectivity index (χ4v) is 2.19. The Balaban J connectivity index is 2.16. The summed E-state index contributed by atoms with van der Waals surface area (Å²) in [5.74, 6) is 0.742. The van der Waals surface area contributed by atoms with Crippen molar-refractivity contribution in [3.63, 3.8) is 0 Å². The fourth-order valence-electron chi connectivity index (χ4n) is 1.59. The lowest BCUT2D eigenvalue weighted by molar-refractivity contribution is 0.953. The summed E-state index contributed by atoms with van der Waals surface area (Å²) in [7, 11) is 0. The standard InChI is InChI=1S/C12H12Cl2N4/c1-7-5-10(13)18-12(14)11(7)16-6-9-3-4-15-8(2)17-9/h3-5,16H,6H2,1-2H3. The number of aromatic nitrogens is 3. The minimum Gasteiger partial charge on any atom is -0.377 e. The van der Waals surface area contributed by atoms with Crippen molar-refractivity contribution in [2.45, 2.75) is 20.4 Å². The van der Waals surface area contributed by atoms with Crippen molar-refractivity contribution in [1.82, 2.24) is 15.0 Å². The molecule has 0 radical (unpaired) electrons. The van der Waals surface area contributed by atoms with Gasteiger partial charge in [0.15, 0.2) is 5.15 Å². The van der Waals surface area contributed by atoms with Gasteiger partial charge in [-0.15, -0.1) is 0 Å². The van der Waals surface area contributed by atoms with Crippen LogP contribution in [-0.4, -0.2) is 15.0 Å². The summed E-state index contributed by atoms with van der Waals surface area (Å²) >= 11 is 11.9. The second-order valence-electron chi connectivity index (χ2n) is 3.88. The Morgan fingerprint density at radius 2 is 2.00 bits per heavy atom. The molecule has 6 heteroatoms. The average molecular weight is 283 g/mol. The highest BCUT2D eigenvalue weighted by atomic mass is 35.5. The Labute approximate surface area is 115 Å². The molecule has 0 bridgehead atoms. The molecule has 0 amide bonds. The van der Waals surface area contributed by atoms with E-state index >= 15 is 0 Å². The largest absolute Gasteiger partial charge is 0.377 e. The van der Waals surface area contributed by atoms with Crippen LogP contribution in [0.1, 0.15) is 17.1 Å². The number of pyridine rings is 1. The maximum absolute atomic E-state index is 6.04. The van der Waals surface area contributed by atoms with Crippen LogP contribution in [0.15, 0.2) is 18.3 Å². The first-order valence-corrected chi connectivity index (χ1v) is 6.17. The van der Waals surface area contributed by atoms with Gasteiger partial charge in [-0.3, -0.25) is 0 Å². The smallest absolute Gasteiger partial charge is 0.154 e. The molecule has 2 rings (SSSR count). The first-order chi connectivity index (χ1) is 8.56. The molecule has 18 heavy (non-hydrogen) atoms. The van der Waals surface area contributed by atoms with Crippen LogP contribution in [-0.2, 0) is 6.54 Å². The van der Waals surface area contributed by atoms with Crippen LogP contribution in [0.4, 0.5) is 5.69 Å². The number of hydrogen-bond donors (Lipinski definition) is 1. The maximum atomic E-state index is 6.04. The van der Waals surface area contributed by atoms with Crippen LogP contribution in [0.3, 0.4) is 0 Å². The Kier molecular flexibility index (Phi) is 3.99. The van der Waals surface area contributed by atoms with Crippen LogP contribution in [0.2, 0.25) is 10.3 Å². The summed E-state index contributed by atoms with van der Waals surface area (Å²) in [6.07, 6.45) is 1.73. The van der Waals surface area contributed by atoms with Gasteiger partial charge in [-0.25, -0.2) is 15.0 Å². The zero-order chi connectivity index (χ0) is 13.1. The van der Waals surface area contributed by atoms with E-state index in [0.29, 0.717) is 16.9 Å². The molecule has 2 aromatic rings. The third-order valence-corrected chi connectivity index (χ3v) is 2.89. The molecule has 0 spiro atoms. The number of hydrogen-bond acceptors (Lipinski definition) is 4. The van der Waals surface area contributed by atoms with Crippen LogP contribution in [0, 0.1) is 13.8 Å². The number of nitrogens with one attached hydrogen (secondary N) is 1. The van der Waals surface area contributed by atoms with Gasteiger partial charge in [0.05, 0.1) is 17.9 Å². The van der Waals surface area contributed by atoms with Crippen molar-refractivity contribution >= 4 is 28.9 Å². The molecule has 4 nitrogen and oxygen atoms in total. The second kappa shape index (κ2) is 5.50. The maximum Gasteiger partial charge on any atom is 0.154 e. The average Bonchev–Trinajstić information content (AvgIpc) is 2.27. The Morgan fingerprint density at radius 1 is 1.22 bits per heavy atom. The van der Waals surface area contributed by atoms with Crippen molar-refractivity contribution in [3.8, 4) is 0 Å². The molecule has 0 aliphatic rings. The summed E-state index contributed by atoms with van der Waals surface area (Å²) in [5.41, 5.74) is 2.62. The van der Waals surface area contributed by atoms with Gasteiger partial charge in [0, 0.05) is 6.20 Å². The van der Waals surface area contributed by atoms with E-state index in [1.807, 2.05) is 19.9 Å². The van der Waals surface area contributed by atoms with Gasteiger partial charge in [0.2, 0.25) is 0 Å². The molecule has 0 saturated carbocycles. The summed E-state index contributed by atoms with van der Waals surface area (Å²) in [6, 6.07) is 3.62. The second-order valence-corrected chi connectivity index (χ2v) is 4.62. The van der Waals surface area contributed by atoms with E-state index in [1.165, 1.54) is 0 Å². The number of rotatable bonds is 3. The van der Waals surface area contributed by atoms with Crippen molar-refractivity contribution in [2.24, 2.45) is 0 Å². The Morgan fingerprint density at radius 3 is 2.67 bits per heavy atom. The molecule has 2 aromatic heterocycles. The van der Waals surface area contributed by atoms with Crippen LogP contribution in [0.5, 0.6) is 0 Å². The van der Waals surface area contributed by atoms with E-state index in [9.17, 15) is 0 Å². The van der Waals surface area contributed by atoms with Crippen molar-refractivity contribution in [2.75, 3.05) is 5.32 Å². The van der Waals surface area contributed by atoms with Crippen molar-refractivity contribution in [3.05, 3.63) is 45.7 Å². The molecule has 0 saturated heterocycles. The monoisotopic (exact) mass is 282 g/mol. The summed E-state index contributed by atoms with van der Waals surface area (Å²) in [6.45, 7) is 4.34. The first kappa shape index (κ1) is 13.1. The van der Waals surface area contributed by atoms with E-state index in [0.717, 1.165) is 22.8 Å². The van der Waals surface area contributed by atoms with E-state index in [4.69, 9.17) is 23.2 Å². The minimum absolute atomic E-state index is 0.366. The molecule has 94 valence electrons. The van der Waals surface area contributed by atoms with Gasteiger partial charge in [0.25, 0.3) is 0 Å². The Hall–Kier alpha value is -1.39. The zero-order valence-corrected chi connectivity index (χ0v) is 11.5. The highest BCUT2D eigenvalue weighted by Crippen LogP contribution is 2.26. The van der Waals surface area contributed by atoms with Gasteiger partial charge in [-0.2, -0.15) is 0 Å². The molecule has 2 heterocycles. The first-order valence-electron chi connectivity index (χ1n) is 5.41. The number of aryl methyl sites for hydroxylation is 2. The molecule has 0 unspecified atom stereocenters. The van der Waals surface area contributed by atoms with Gasteiger partial charge >= 0.3 is 0 Å². The van der Waals surface area contributed by atoms with E-state index in [2.05, 4.69) is 20.3 Å². The van der Waals surface area contributed by atoms with Gasteiger partial charge in [-0.1, -0.05) is 23.2 Å². The number of nitrogens with zero attached hydrogens (tertiary/aromatic N) is 3. The molecule has 0 aliphatic heterocycles. The van der Waals surface area contributed by atoms with Crippen LogP contribution in [0.25, 0.3) is 0 Å². The highest BCUT2D eigenvalue weighted by Gasteiger charge is 2.07. The third kappa shape index (κ3) is 3.09. The Bertz CT molecular complexity index is 549. The molecular weight excluding hydrogens is 271 g/mol. The molecule has 0 atom stereocenters. The van der Waals surface area contributed by atoms with Crippen molar-refractivity contribution < 1.29 is 0 Å². The summed E-state index contributed by atoms with van der Waals surface area (Å²) < 4.78 is 0. The summed E-state index contributed by atoms with van der Waals surface area (Å²) in [4.78, 5) is 12.3. The zero-order valence-electron chi connectivity index (χ0n) is 10.0. The van der Waals surface area contributed by atoms with Crippen molar-refractivity contribution in [1.29, 1.82) is 0 Å². The fraction of sp³-hybridized carbons (Fsp3) is 0.250. The molecule has 0 aromatic carbocycles. The molecular formula is C12H12Cl2N4. The molecule has 0 aliphatic carbocycles. The minimum atomic E-state index is 0.366. The van der Waals surface area contributed by atoms with Gasteiger partial charge in [0.1, 0.15) is 11.0 Å². The lowest BCUT2D eigenvalue weighted by Gasteiger charge is -2.11. The molecule has 1 N–H and O–H groups in total. The van der Waals surface area contributed by atoms with E-state index in [-0.39, 0.29) is 0 Å². The van der Waals surface area contributed by atoms with E-state index < -0.39 is 0 Å². The van der Waals surface area contributed by atoms with Gasteiger partial charge in [-0.05, 0) is 31.5 Å². The lowest BCUT2D eigenvalue weighted by Crippen LogP contribution is -2.05. The normalized spacial score (nSPS) is 10.4. The summed E-state index contributed by atoms with van der Waals surface area (Å²) in [5, 5.41) is 3.96. The lowest BCUT2D eigenvalue weighted by atomic mass is 10.2. The molecule has 0 fully saturated rings. The van der Waals surface area contributed by atoms with E-state index in [1.54, 1.807) is 12.3 Å². The van der Waals surface area contributed by atoms with Crippen LogP contribution < -0.4 is 5.32 Å². The SMILES string of the molecule is Cc1nccc(CNc2c(C)cc(Cl)nc2Cl)n1. The number of anilines is 1. The van der Waals surface area contributed by atoms with Crippen LogP contribution >= 0.6 is 23.2 Å². The number of halogens is 2.